The van der Waals surface area contributed by atoms with Crippen molar-refractivity contribution in [3.05, 3.63) is 0 Å². The van der Waals surface area contributed by atoms with Crippen LogP contribution in [0.25, 0.3) is 0 Å². The van der Waals surface area contributed by atoms with Gasteiger partial charge in [0.1, 0.15) is 0 Å². The van der Waals surface area contributed by atoms with Gasteiger partial charge in [0.2, 0.25) is 0 Å². The third kappa shape index (κ3) is 2.27. The molecule has 0 amide bonds. The zero-order chi connectivity index (χ0) is 10.8. The van der Waals surface area contributed by atoms with Crippen molar-refractivity contribution < 1.29 is 5.11 Å². The van der Waals surface area contributed by atoms with E-state index in [9.17, 15) is 5.11 Å². The van der Waals surface area contributed by atoms with E-state index in [2.05, 4.69) is 26.8 Å². The van der Waals surface area contributed by atoms with Gasteiger partial charge in [-0.25, -0.2) is 0 Å². The van der Waals surface area contributed by atoms with E-state index in [0.717, 1.165) is 12.8 Å². The summed E-state index contributed by atoms with van der Waals surface area (Å²) in [4.78, 5) is 0. The maximum Gasteiger partial charge on any atom is 0.0810 e. The van der Waals surface area contributed by atoms with Crippen LogP contribution in [0, 0.1) is 29.1 Å². The molecule has 1 aliphatic rings. The van der Waals surface area contributed by atoms with E-state index in [1.165, 1.54) is 6.42 Å². The summed E-state index contributed by atoms with van der Waals surface area (Å²) in [6, 6.07) is 2.13. The quantitative estimate of drug-likeness (QED) is 0.736. The number of aliphatic hydroxyl groups is 1. The maximum atomic E-state index is 10.4. The lowest BCUT2D eigenvalue weighted by atomic mass is 9.66. The standard InChI is InChI=1S/C12H21NO/c1-9(2)11-5-4-10(3)8-12(11,14)6-7-13/h9-11,14H,4-6,8H2,1-3H3. The first kappa shape index (κ1) is 11.5. The zero-order valence-electron chi connectivity index (χ0n) is 9.45. The molecule has 0 bridgehead atoms. The molecule has 0 aliphatic heterocycles. The Kier molecular flexibility index (Phi) is 3.55. The fraction of sp³-hybridized carbons (Fsp3) is 0.917. The highest BCUT2D eigenvalue weighted by atomic mass is 16.3. The molecule has 0 saturated heterocycles. The molecule has 1 saturated carbocycles. The average Bonchev–Trinajstić information content (AvgIpc) is 2.02. The molecular weight excluding hydrogens is 174 g/mol. The second kappa shape index (κ2) is 4.31. The molecule has 2 nitrogen and oxygen atoms in total. The lowest BCUT2D eigenvalue weighted by Crippen LogP contribution is -2.45. The highest BCUT2D eigenvalue weighted by Crippen LogP contribution is 2.42. The Morgan fingerprint density at radius 3 is 2.64 bits per heavy atom. The summed E-state index contributed by atoms with van der Waals surface area (Å²) < 4.78 is 0. The van der Waals surface area contributed by atoms with Crippen LogP contribution in [0.2, 0.25) is 0 Å². The molecule has 80 valence electrons. The fourth-order valence-electron chi connectivity index (χ4n) is 2.88. The molecule has 1 N–H and O–H groups in total. The summed E-state index contributed by atoms with van der Waals surface area (Å²) in [6.45, 7) is 6.45. The number of nitriles is 1. The van der Waals surface area contributed by atoms with Gasteiger partial charge in [0.05, 0.1) is 18.1 Å². The smallest absolute Gasteiger partial charge is 0.0810 e. The second-order valence-corrected chi connectivity index (χ2v) is 5.18. The van der Waals surface area contributed by atoms with Crippen LogP contribution in [0.1, 0.15) is 46.5 Å². The lowest BCUT2D eigenvalue weighted by Gasteiger charge is -2.43. The van der Waals surface area contributed by atoms with Gasteiger partial charge in [0.15, 0.2) is 0 Å². The monoisotopic (exact) mass is 195 g/mol. The van der Waals surface area contributed by atoms with Crippen molar-refractivity contribution in [3.8, 4) is 6.07 Å². The molecule has 0 aromatic rings. The van der Waals surface area contributed by atoms with E-state index < -0.39 is 5.60 Å². The Bertz CT molecular complexity index is 231. The Hall–Kier alpha value is -0.550. The van der Waals surface area contributed by atoms with Crippen molar-refractivity contribution >= 4 is 0 Å². The van der Waals surface area contributed by atoms with Crippen LogP contribution in [0.5, 0.6) is 0 Å². The van der Waals surface area contributed by atoms with E-state index in [1.54, 1.807) is 0 Å². The van der Waals surface area contributed by atoms with Gasteiger partial charge in [-0.3, -0.25) is 0 Å². The Morgan fingerprint density at radius 2 is 2.14 bits per heavy atom. The van der Waals surface area contributed by atoms with Gasteiger partial charge < -0.3 is 5.11 Å². The topological polar surface area (TPSA) is 44.0 Å². The van der Waals surface area contributed by atoms with E-state index >= 15 is 0 Å². The molecule has 1 fully saturated rings. The normalized spacial score (nSPS) is 38.3. The first-order valence-corrected chi connectivity index (χ1v) is 5.59. The highest BCUT2D eigenvalue weighted by Gasteiger charge is 2.42. The third-order valence-corrected chi connectivity index (χ3v) is 3.55. The molecule has 0 heterocycles. The number of nitrogens with zero attached hydrogens (tertiary/aromatic N) is 1. The summed E-state index contributed by atoms with van der Waals surface area (Å²) in [5, 5.41) is 19.2. The summed E-state index contributed by atoms with van der Waals surface area (Å²) in [5.41, 5.74) is -0.722. The van der Waals surface area contributed by atoms with Crippen LogP contribution in [-0.2, 0) is 0 Å². The van der Waals surface area contributed by atoms with Gasteiger partial charge >= 0.3 is 0 Å². The van der Waals surface area contributed by atoms with Gasteiger partial charge in [-0.15, -0.1) is 0 Å². The molecule has 3 unspecified atom stereocenters. The molecule has 0 aromatic carbocycles. The van der Waals surface area contributed by atoms with Crippen LogP contribution in [0.3, 0.4) is 0 Å². The minimum absolute atomic E-state index is 0.292. The molecular formula is C12H21NO. The van der Waals surface area contributed by atoms with Crippen molar-refractivity contribution in [3.63, 3.8) is 0 Å². The molecule has 3 atom stereocenters. The van der Waals surface area contributed by atoms with Gasteiger partial charge in [-0.2, -0.15) is 5.26 Å². The zero-order valence-corrected chi connectivity index (χ0v) is 9.45. The molecule has 1 rings (SSSR count). The van der Waals surface area contributed by atoms with Crippen LogP contribution in [0.15, 0.2) is 0 Å². The predicted molar refractivity (Wildman–Crippen MR) is 56.5 cm³/mol. The van der Waals surface area contributed by atoms with Crippen LogP contribution >= 0.6 is 0 Å². The Labute approximate surface area is 86.9 Å². The second-order valence-electron chi connectivity index (χ2n) is 5.18. The highest BCUT2D eigenvalue weighted by molar-refractivity contribution is 4.98. The predicted octanol–water partition coefficient (Wildman–Crippen LogP) is 2.72. The third-order valence-electron chi connectivity index (χ3n) is 3.55. The molecule has 2 heteroatoms. The SMILES string of the molecule is CC1CCC(C(C)C)C(O)(CC#N)C1. The van der Waals surface area contributed by atoms with Crippen molar-refractivity contribution in [1.29, 1.82) is 5.26 Å². The van der Waals surface area contributed by atoms with Crippen molar-refractivity contribution in [1.82, 2.24) is 0 Å². The molecule has 1 aliphatic carbocycles. The van der Waals surface area contributed by atoms with Gasteiger partial charge in [0.25, 0.3) is 0 Å². The molecule has 0 spiro atoms. The van der Waals surface area contributed by atoms with Crippen molar-refractivity contribution in [2.75, 3.05) is 0 Å². The fourth-order valence-corrected chi connectivity index (χ4v) is 2.88. The number of hydrogen-bond donors (Lipinski definition) is 1. The van der Waals surface area contributed by atoms with Gasteiger partial charge in [0, 0.05) is 0 Å². The number of rotatable bonds is 2. The largest absolute Gasteiger partial charge is 0.389 e. The molecule has 14 heavy (non-hydrogen) atoms. The van der Waals surface area contributed by atoms with Gasteiger partial charge in [-0.1, -0.05) is 27.2 Å². The van der Waals surface area contributed by atoms with Crippen molar-refractivity contribution in [2.24, 2.45) is 17.8 Å². The summed E-state index contributed by atoms with van der Waals surface area (Å²) in [5.74, 6) is 1.34. The minimum Gasteiger partial charge on any atom is -0.389 e. The molecule has 0 aromatic heterocycles. The summed E-state index contributed by atoms with van der Waals surface area (Å²) >= 11 is 0. The van der Waals surface area contributed by atoms with E-state index in [-0.39, 0.29) is 0 Å². The Morgan fingerprint density at radius 1 is 1.50 bits per heavy atom. The van der Waals surface area contributed by atoms with Gasteiger partial charge in [-0.05, 0) is 30.6 Å². The lowest BCUT2D eigenvalue weighted by molar-refractivity contribution is -0.0762. The number of hydrogen-bond acceptors (Lipinski definition) is 2. The van der Waals surface area contributed by atoms with E-state index in [4.69, 9.17) is 5.26 Å². The first-order valence-electron chi connectivity index (χ1n) is 5.59. The summed E-state index contributed by atoms with van der Waals surface area (Å²) in [6.07, 6.45) is 3.34. The van der Waals surface area contributed by atoms with Crippen LogP contribution in [0.4, 0.5) is 0 Å². The van der Waals surface area contributed by atoms with E-state index in [1.807, 2.05) is 0 Å². The molecule has 0 radical (unpaired) electrons. The maximum absolute atomic E-state index is 10.4. The van der Waals surface area contributed by atoms with Crippen molar-refractivity contribution in [2.45, 2.75) is 52.1 Å². The minimum atomic E-state index is -0.722. The van der Waals surface area contributed by atoms with E-state index in [0.29, 0.717) is 24.2 Å². The average molecular weight is 195 g/mol. The Balaban J connectivity index is 2.78. The summed E-state index contributed by atoms with van der Waals surface area (Å²) in [7, 11) is 0. The first-order chi connectivity index (χ1) is 6.49. The van der Waals surface area contributed by atoms with Crippen LogP contribution in [-0.4, -0.2) is 10.7 Å². The van der Waals surface area contributed by atoms with Crippen LogP contribution < -0.4 is 0 Å².